The molecule has 1 aromatic heterocycles. The Kier molecular flexibility index (Phi) is 6.03. The van der Waals surface area contributed by atoms with E-state index < -0.39 is 0 Å². The van der Waals surface area contributed by atoms with Gasteiger partial charge in [0.15, 0.2) is 0 Å². The fourth-order valence-electron chi connectivity index (χ4n) is 3.64. The van der Waals surface area contributed by atoms with Crippen LogP contribution in [-0.4, -0.2) is 46.9 Å². The molecule has 3 rings (SSSR count). The maximum atomic E-state index is 12.6. The highest BCUT2D eigenvalue weighted by Crippen LogP contribution is 2.17. The van der Waals surface area contributed by atoms with E-state index in [-0.39, 0.29) is 5.91 Å². The third kappa shape index (κ3) is 4.79. The lowest BCUT2D eigenvalue weighted by Crippen LogP contribution is -2.38. The molecule has 1 atom stereocenters. The van der Waals surface area contributed by atoms with E-state index in [1.165, 1.54) is 25.7 Å². The minimum Gasteiger partial charge on any atom is -0.341 e. The van der Waals surface area contributed by atoms with Crippen molar-refractivity contribution in [2.75, 3.05) is 20.1 Å². The third-order valence-corrected chi connectivity index (χ3v) is 5.23. The minimum atomic E-state index is 0.213. The molecule has 2 heterocycles. The molecule has 0 radical (unpaired) electrons. The summed E-state index contributed by atoms with van der Waals surface area (Å²) in [6.45, 7) is 5.07. The molecule has 0 aliphatic carbocycles. The largest absolute Gasteiger partial charge is 0.341 e. The predicted octanol–water partition coefficient (Wildman–Crippen LogP) is 3.85. The fraction of sp³-hybridized carbons (Fsp3) is 0.524. The topological polar surface area (TPSA) is 36.4 Å². The molecule has 1 aliphatic rings. The average molecular weight is 339 g/mol. The number of carbonyl (C=O) groups is 1. The van der Waals surface area contributed by atoms with E-state index in [0.717, 1.165) is 29.6 Å². The summed E-state index contributed by atoms with van der Waals surface area (Å²) >= 11 is 0. The molecule has 2 aromatic rings. The van der Waals surface area contributed by atoms with Crippen molar-refractivity contribution in [3.05, 3.63) is 42.1 Å². The van der Waals surface area contributed by atoms with Crippen LogP contribution in [0, 0.1) is 0 Å². The molecule has 0 spiro atoms. The number of likely N-dealkylation sites (tertiary alicyclic amines) is 1. The van der Waals surface area contributed by atoms with E-state index in [9.17, 15) is 4.79 Å². The molecule has 4 heteroatoms. The van der Waals surface area contributed by atoms with E-state index in [0.29, 0.717) is 19.0 Å². The first-order valence-electron chi connectivity index (χ1n) is 9.45. The van der Waals surface area contributed by atoms with Crippen molar-refractivity contribution in [1.29, 1.82) is 0 Å². The monoisotopic (exact) mass is 339 g/mol. The van der Waals surface area contributed by atoms with Crippen molar-refractivity contribution >= 4 is 16.8 Å². The van der Waals surface area contributed by atoms with Gasteiger partial charge in [0.05, 0.1) is 5.52 Å². The van der Waals surface area contributed by atoms with E-state index >= 15 is 0 Å². The smallest absolute Gasteiger partial charge is 0.224 e. The van der Waals surface area contributed by atoms with Crippen LogP contribution >= 0.6 is 0 Å². The van der Waals surface area contributed by atoms with Crippen LogP contribution in [-0.2, 0) is 11.3 Å². The standard InChI is InChI=1S/C21H29N3O/c1-17(24-11-7-3-4-8-12-24)13-21(25)23(2)16-18-14-19-9-5-6-10-20(19)22-15-18/h5-6,9-10,14-15,17H,3-4,7-8,11-13,16H2,1-2H3/t17-/m1/s1. The first-order chi connectivity index (χ1) is 12.1. The Morgan fingerprint density at radius 1 is 1.20 bits per heavy atom. The summed E-state index contributed by atoms with van der Waals surface area (Å²) in [4.78, 5) is 21.4. The summed E-state index contributed by atoms with van der Waals surface area (Å²) in [6.07, 6.45) is 7.65. The predicted molar refractivity (Wildman–Crippen MR) is 102 cm³/mol. The first kappa shape index (κ1) is 17.9. The summed E-state index contributed by atoms with van der Waals surface area (Å²) in [6, 6.07) is 10.5. The zero-order valence-electron chi connectivity index (χ0n) is 15.4. The van der Waals surface area contributed by atoms with Crippen LogP contribution in [0.5, 0.6) is 0 Å². The second-order valence-corrected chi connectivity index (χ2v) is 7.29. The van der Waals surface area contributed by atoms with Gasteiger partial charge in [0.1, 0.15) is 0 Å². The molecule has 1 fully saturated rings. The molecule has 0 saturated carbocycles. The number of para-hydroxylation sites is 1. The number of hydrogen-bond donors (Lipinski definition) is 0. The molecule has 1 amide bonds. The number of fused-ring (bicyclic) bond motifs is 1. The quantitative estimate of drug-likeness (QED) is 0.830. The maximum Gasteiger partial charge on any atom is 0.224 e. The van der Waals surface area contributed by atoms with Crippen LogP contribution in [0.15, 0.2) is 36.5 Å². The van der Waals surface area contributed by atoms with Gasteiger partial charge in [0, 0.05) is 37.6 Å². The van der Waals surface area contributed by atoms with Gasteiger partial charge in [0.2, 0.25) is 5.91 Å². The number of pyridine rings is 1. The van der Waals surface area contributed by atoms with Gasteiger partial charge in [-0.15, -0.1) is 0 Å². The highest BCUT2D eigenvalue weighted by atomic mass is 16.2. The summed E-state index contributed by atoms with van der Waals surface area (Å²) in [5, 5.41) is 1.12. The van der Waals surface area contributed by atoms with Crippen molar-refractivity contribution in [2.24, 2.45) is 0 Å². The molecule has 0 N–H and O–H groups in total. The van der Waals surface area contributed by atoms with E-state index in [4.69, 9.17) is 0 Å². The lowest BCUT2D eigenvalue weighted by molar-refractivity contribution is -0.131. The second kappa shape index (κ2) is 8.43. The lowest BCUT2D eigenvalue weighted by atomic mass is 10.1. The fourth-order valence-corrected chi connectivity index (χ4v) is 3.64. The van der Waals surface area contributed by atoms with Crippen LogP contribution in [0.25, 0.3) is 10.9 Å². The van der Waals surface area contributed by atoms with Crippen LogP contribution in [0.4, 0.5) is 0 Å². The van der Waals surface area contributed by atoms with Gasteiger partial charge in [0.25, 0.3) is 0 Å². The van der Waals surface area contributed by atoms with Gasteiger partial charge in [-0.3, -0.25) is 9.78 Å². The summed E-state index contributed by atoms with van der Waals surface area (Å²) in [5.74, 6) is 0.213. The van der Waals surface area contributed by atoms with Gasteiger partial charge < -0.3 is 9.80 Å². The Balaban J connectivity index is 1.57. The number of amides is 1. The number of carbonyl (C=O) groups excluding carboxylic acids is 1. The van der Waals surface area contributed by atoms with Crippen molar-refractivity contribution in [1.82, 2.24) is 14.8 Å². The van der Waals surface area contributed by atoms with Crippen LogP contribution in [0.2, 0.25) is 0 Å². The van der Waals surface area contributed by atoms with Crippen molar-refractivity contribution < 1.29 is 4.79 Å². The SMILES string of the molecule is C[C@H](CC(=O)N(C)Cc1cnc2ccccc2c1)N1CCCCCC1. The molecule has 1 aliphatic heterocycles. The molecule has 0 unspecified atom stereocenters. The number of nitrogens with zero attached hydrogens (tertiary/aromatic N) is 3. The Labute approximate surface area is 150 Å². The zero-order valence-corrected chi connectivity index (χ0v) is 15.4. The van der Waals surface area contributed by atoms with E-state index in [1.54, 1.807) is 0 Å². The number of benzene rings is 1. The highest BCUT2D eigenvalue weighted by molar-refractivity contribution is 5.79. The summed E-state index contributed by atoms with van der Waals surface area (Å²) < 4.78 is 0. The van der Waals surface area contributed by atoms with Crippen molar-refractivity contribution in [2.45, 2.75) is 51.6 Å². The number of hydrogen-bond acceptors (Lipinski definition) is 3. The van der Waals surface area contributed by atoms with E-state index in [2.05, 4.69) is 28.9 Å². The summed E-state index contributed by atoms with van der Waals surface area (Å²) in [7, 11) is 1.90. The number of aromatic nitrogens is 1. The molecule has 4 nitrogen and oxygen atoms in total. The van der Waals surface area contributed by atoms with Crippen molar-refractivity contribution in [3.63, 3.8) is 0 Å². The summed E-state index contributed by atoms with van der Waals surface area (Å²) in [5.41, 5.74) is 2.08. The van der Waals surface area contributed by atoms with E-state index in [1.807, 2.05) is 36.3 Å². The van der Waals surface area contributed by atoms with Gasteiger partial charge in [-0.1, -0.05) is 31.0 Å². The van der Waals surface area contributed by atoms with Gasteiger partial charge in [-0.25, -0.2) is 0 Å². The highest BCUT2D eigenvalue weighted by Gasteiger charge is 2.20. The minimum absolute atomic E-state index is 0.213. The van der Waals surface area contributed by atoms with Crippen LogP contribution < -0.4 is 0 Å². The third-order valence-electron chi connectivity index (χ3n) is 5.23. The van der Waals surface area contributed by atoms with Gasteiger partial charge in [-0.05, 0) is 50.6 Å². The first-order valence-corrected chi connectivity index (χ1v) is 9.45. The van der Waals surface area contributed by atoms with Crippen LogP contribution in [0.1, 0.15) is 44.6 Å². The maximum absolute atomic E-state index is 12.6. The Morgan fingerprint density at radius 3 is 2.68 bits per heavy atom. The van der Waals surface area contributed by atoms with Crippen molar-refractivity contribution in [3.8, 4) is 0 Å². The second-order valence-electron chi connectivity index (χ2n) is 7.29. The molecule has 25 heavy (non-hydrogen) atoms. The zero-order chi connectivity index (χ0) is 17.6. The molecular weight excluding hydrogens is 310 g/mol. The van der Waals surface area contributed by atoms with Gasteiger partial charge in [-0.2, -0.15) is 0 Å². The average Bonchev–Trinajstić information content (AvgIpc) is 2.91. The Bertz CT molecular complexity index is 707. The normalized spacial score (nSPS) is 17.2. The van der Waals surface area contributed by atoms with Gasteiger partial charge >= 0.3 is 0 Å². The molecule has 0 bridgehead atoms. The molecule has 134 valence electrons. The Hall–Kier alpha value is -1.94. The molecule has 1 aromatic carbocycles. The Morgan fingerprint density at radius 2 is 1.92 bits per heavy atom. The number of rotatable bonds is 5. The van der Waals surface area contributed by atoms with Crippen LogP contribution in [0.3, 0.4) is 0 Å². The molecular formula is C21H29N3O. The molecule has 1 saturated heterocycles. The lowest BCUT2D eigenvalue weighted by Gasteiger charge is -2.28.